The Morgan fingerprint density at radius 1 is 1.17 bits per heavy atom. The van der Waals surface area contributed by atoms with E-state index in [1.165, 1.54) is 18.2 Å². The standard InChI is InChI=1S/C17H19FN2O3S/c1-3-13-7-4-5-10-16(13)19-17(21)12-20(24(2,22)23)15-9-6-8-14(18)11-15/h4-11H,3,12H2,1-2H3,(H,19,21). The molecule has 0 aromatic heterocycles. The molecule has 5 nitrogen and oxygen atoms in total. The van der Waals surface area contributed by atoms with Crippen molar-refractivity contribution in [2.75, 3.05) is 22.4 Å². The number of rotatable bonds is 6. The van der Waals surface area contributed by atoms with E-state index >= 15 is 0 Å². The van der Waals surface area contributed by atoms with Crippen LogP contribution in [-0.2, 0) is 21.2 Å². The molecule has 0 saturated heterocycles. The highest BCUT2D eigenvalue weighted by Gasteiger charge is 2.21. The molecule has 1 amide bonds. The maximum absolute atomic E-state index is 13.4. The van der Waals surface area contributed by atoms with E-state index in [1.54, 1.807) is 12.1 Å². The van der Waals surface area contributed by atoms with Gasteiger partial charge in [-0.05, 0) is 36.2 Å². The van der Waals surface area contributed by atoms with Crippen molar-refractivity contribution in [2.24, 2.45) is 0 Å². The van der Waals surface area contributed by atoms with Gasteiger partial charge in [-0.25, -0.2) is 12.8 Å². The zero-order valence-corrected chi connectivity index (χ0v) is 14.3. The Labute approximate surface area is 141 Å². The first-order chi connectivity index (χ1) is 11.3. The zero-order valence-electron chi connectivity index (χ0n) is 13.5. The van der Waals surface area contributed by atoms with Crippen LogP contribution in [0.1, 0.15) is 12.5 Å². The lowest BCUT2D eigenvalue weighted by Crippen LogP contribution is -2.37. The molecule has 0 bridgehead atoms. The van der Waals surface area contributed by atoms with E-state index in [1.807, 2.05) is 19.1 Å². The lowest BCUT2D eigenvalue weighted by atomic mass is 10.1. The quantitative estimate of drug-likeness (QED) is 0.871. The summed E-state index contributed by atoms with van der Waals surface area (Å²) < 4.78 is 38.2. The van der Waals surface area contributed by atoms with Gasteiger partial charge in [0, 0.05) is 5.69 Å². The fourth-order valence-corrected chi connectivity index (χ4v) is 3.15. The van der Waals surface area contributed by atoms with E-state index in [0.29, 0.717) is 5.69 Å². The predicted octanol–water partition coefficient (Wildman–Crippen LogP) is 2.79. The van der Waals surface area contributed by atoms with Crippen LogP contribution in [0.15, 0.2) is 48.5 Å². The average Bonchev–Trinajstić information content (AvgIpc) is 2.52. The fraction of sp³-hybridized carbons (Fsp3) is 0.235. The van der Waals surface area contributed by atoms with Gasteiger partial charge in [0.05, 0.1) is 11.9 Å². The Hall–Kier alpha value is -2.41. The van der Waals surface area contributed by atoms with Crippen LogP contribution >= 0.6 is 0 Å². The molecule has 0 fully saturated rings. The first-order valence-corrected chi connectivity index (χ1v) is 9.27. The second kappa shape index (κ2) is 7.44. The van der Waals surface area contributed by atoms with Crippen LogP contribution in [0.4, 0.5) is 15.8 Å². The normalized spacial score (nSPS) is 11.1. The van der Waals surface area contributed by atoms with E-state index in [0.717, 1.165) is 28.6 Å². The molecule has 0 spiro atoms. The maximum atomic E-state index is 13.4. The molecule has 24 heavy (non-hydrogen) atoms. The highest BCUT2D eigenvalue weighted by atomic mass is 32.2. The number of nitrogens with zero attached hydrogens (tertiary/aromatic N) is 1. The number of benzene rings is 2. The molecule has 1 N–H and O–H groups in total. The number of aryl methyl sites for hydroxylation is 1. The molecule has 7 heteroatoms. The molecule has 0 aliphatic carbocycles. The Bertz CT molecular complexity index is 837. The van der Waals surface area contributed by atoms with Crippen molar-refractivity contribution in [3.63, 3.8) is 0 Å². The van der Waals surface area contributed by atoms with Crippen molar-refractivity contribution in [3.05, 3.63) is 59.9 Å². The van der Waals surface area contributed by atoms with Gasteiger partial charge in [-0.15, -0.1) is 0 Å². The molecule has 0 atom stereocenters. The number of amides is 1. The number of anilines is 2. The Balaban J connectivity index is 2.23. The summed E-state index contributed by atoms with van der Waals surface area (Å²) >= 11 is 0. The lowest BCUT2D eigenvalue weighted by Gasteiger charge is -2.22. The molecule has 0 unspecified atom stereocenters. The topological polar surface area (TPSA) is 66.5 Å². The molecular weight excluding hydrogens is 331 g/mol. The predicted molar refractivity (Wildman–Crippen MR) is 93.0 cm³/mol. The zero-order chi connectivity index (χ0) is 17.7. The van der Waals surface area contributed by atoms with Crippen molar-refractivity contribution in [1.82, 2.24) is 0 Å². The lowest BCUT2D eigenvalue weighted by molar-refractivity contribution is -0.114. The molecule has 0 aliphatic heterocycles. The molecule has 0 saturated carbocycles. The van der Waals surface area contributed by atoms with Crippen LogP contribution in [-0.4, -0.2) is 27.1 Å². The first-order valence-electron chi connectivity index (χ1n) is 7.42. The number of hydrogen-bond donors (Lipinski definition) is 1. The van der Waals surface area contributed by atoms with Gasteiger partial charge in [-0.1, -0.05) is 31.2 Å². The Kier molecular flexibility index (Phi) is 5.56. The summed E-state index contributed by atoms with van der Waals surface area (Å²) in [5, 5.41) is 2.71. The number of nitrogens with one attached hydrogen (secondary N) is 1. The van der Waals surface area contributed by atoms with Gasteiger partial charge in [0.25, 0.3) is 0 Å². The van der Waals surface area contributed by atoms with Gasteiger partial charge >= 0.3 is 0 Å². The van der Waals surface area contributed by atoms with Crippen LogP contribution in [0.5, 0.6) is 0 Å². The third kappa shape index (κ3) is 4.55. The number of sulfonamides is 1. The number of carbonyl (C=O) groups excluding carboxylic acids is 1. The molecule has 128 valence electrons. The summed E-state index contributed by atoms with van der Waals surface area (Å²) in [5.41, 5.74) is 1.69. The monoisotopic (exact) mass is 350 g/mol. The smallest absolute Gasteiger partial charge is 0.245 e. The molecule has 0 radical (unpaired) electrons. The van der Waals surface area contributed by atoms with Gasteiger partial charge in [-0.2, -0.15) is 0 Å². The van der Waals surface area contributed by atoms with Crippen molar-refractivity contribution < 1.29 is 17.6 Å². The largest absolute Gasteiger partial charge is 0.324 e. The Morgan fingerprint density at radius 3 is 2.50 bits per heavy atom. The van der Waals surface area contributed by atoms with Crippen molar-refractivity contribution >= 4 is 27.3 Å². The van der Waals surface area contributed by atoms with Crippen LogP contribution in [0.25, 0.3) is 0 Å². The van der Waals surface area contributed by atoms with E-state index in [9.17, 15) is 17.6 Å². The van der Waals surface area contributed by atoms with Crippen LogP contribution in [0, 0.1) is 5.82 Å². The summed E-state index contributed by atoms with van der Waals surface area (Å²) in [5.74, 6) is -1.07. The average molecular weight is 350 g/mol. The summed E-state index contributed by atoms with van der Waals surface area (Å²) in [4.78, 5) is 12.3. The van der Waals surface area contributed by atoms with Gasteiger partial charge in [0.1, 0.15) is 12.4 Å². The second-order valence-corrected chi connectivity index (χ2v) is 7.22. The van der Waals surface area contributed by atoms with Crippen LogP contribution in [0.2, 0.25) is 0 Å². The van der Waals surface area contributed by atoms with E-state index in [-0.39, 0.29) is 5.69 Å². The molecule has 0 aliphatic rings. The van der Waals surface area contributed by atoms with Gasteiger partial charge < -0.3 is 5.32 Å². The molecule has 2 aromatic rings. The third-order valence-corrected chi connectivity index (χ3v) is 4.60. The maximum Gasteiger partial charge on any atom is 0.245 e. The molecule has 0 heterocycles. The van der Waals surface area contributed by atoms with Gasteiger partial charge in [0.2, 0.25) is 15.9 Å². The summed E-state index contributed by atoms with van der Waals surface area (Å²) in [6.45, 7) is 1.53. The first kappa shape index (κ1) is 17.9. The van der Waals surface area contributed by atoms with Crippen LogP contribution < -0.4 is 9.62 Å². The SMILES string of the molecule is CCc1ccccc1NC(=O)CN(c1cccc(F)c1)S(C)(=O)=O. The molecule has 2 aromatic carbocycles. The van der Waals surface area contributed by atoms with Crippen molar-refractivity contribution in [1.29, 1.82) is 0 Å². The Morgan fingerprint density at radius 2 is 1.88 bits per heavy atom. The fourth-order valence-electron chi connectivity index (χ4n) is 2.30. The van der Waals surface area contributed by atoms with Crippen molar-refractivity contribution in [3.8, 4) is 0 Å². The highest BCUT2D eigenvalue weighted by Crippen LogP contribution is 2.20. The highest BCUT2D eigenvalue weighted by molar-refractivity contribution is 7.92. The molecular formula is C17H19FN2O3S. The summed E-state index contributed by atoms with van der Waals surface area (Å²) in [6, 6.07) is 12.4. The number of hydrogen-bond acceptors (Lipinski definition) is 3. The van der Waals surface area contributed by atoms with Crippen LogP contribution in [0.3, 0.4) is 0 Å². The van der Waals surface area contributed by atoms with E-state index < -0.39 is 28.3 Å². The van der Waals surface area contributed by atoms with Crippen molar-refractivity contribution in [2.45, 2.75) is 13.3 Å². The summed E-state index contributed by atoms with van der Waals surface area (Å²) in [6.07, 6.45) is 1.71. The minimum Gasteiger partial charge on any atom is -0.324 e. The molecule has 2 rings (SSSR count). The van der Waals surface area contributed by atoms with Gasteiger partial charge in [-0.3, -0.25) is 9.10 Å². The third-order valence-electron chi connectivity index (χ3n) is 3.46. The van der Waals surface area contributed by atoms with Gasteiger partial charge in [0.15, 0.2) is 0 Å². The van der Waals surface area contributed by atoms with E-state index in [4.69, 9.17) is 0 Å². The minimum atomic E-state index is -3.73. The number of halogens is 1. The second-order valence-electron chi connectivity index (χ2n) is 5.31. The number of carbonyl (C=O) groups is 1. The number of para-hydroxylation sites is 1. The van der Waals surface area contributed by atoms with E-state index in [2.05, 4.69) is 5.32 Å². The minimum absolute atomic E-state index is 0.108. The summed E-state index contributed by atoms with van der Waals surface area (Å²) in [7, 11) is -3.73.